The topological polar surface area (TPSA) is 106 Å². The number of carbonyl (C=O) groups is 3. The van der Waals surface area contributed by atoms with Gasteiger partial charge in [0.1, 0.15) is 0 Å². The van der Waals surface area contributed by atoms with E-state index < -0.39 is 11.9 Å². The molecular formula is C26H25N3O5. The second-order valence-corrected chi connectivity index (χ2v) is 7.24. The third-order valence-corrected chi connectivity index (χ3v) is 4.57. The molecule has 174 valence electrons. The number of carbonyl (C=O) groups excluding carboxylic acids is 3. The summed E-state index contributed by atoms with van der Waals surface area (Å²) in [6.07, 6.45) is 1.42. The van der Waals surface area contributed by atoms with Gasteiger partial charge in [0.05, 0.1) is 24.9 Å². The van der Waals surface area contributed by atoms with Crippen molar-refractivity contribution >= 4 is 24.0 Å². The average Bonchev–Trinajstić information content (AvgIpc) is 2.84. The first-order valence-corrected chi connectivity index (χ1v) is 10.7. The summed E-state index contributed by atoms with van der Waals surface area (Å²) in [5.41, 5.74) is 4.83. The average molecular weight is 460 g/mol. The summed E-state index contributed by atoms with van der Waals surface area (Å²) in [5.74, 6) is -0.674. The highest BCUT2D eigenvalue weighted by Crippen LogP contribution is 2.29. The molecule has 0 bridgehead atoms. The van der Waals surface area contributed by atoms with E-state index in [2.05, 4.69) is 15.8 Å². The molecule has 0 aliphatic rings. The molecule has 0 saturated carbocycles. The summed E-state index contributed by atoms with van der Waals surface area (Å²) in [6.45, 7) is 3.85. The van der Waals surface area contributed by atoms with Crippen molar-refractivity contribution in [2.45, 2.75) is 13.8 Å². The van der Waals surface area contributed by atoms with Crippen LogP contribution in [0.15, 0.2) is 77.9 Å². The summed E-state index contributed by atoms with van der Waals surface area (Å²) in [5, 5.41) is 6.45. The van der Waals surface area contributed by atoms with E-state index in [4.69, 9.17) is 9.47 Å². The van der Waals surface area contributed by atoms with Gasteiger partial charge in [0, 0.05) is 5.56 Å². The molecular weight excluding hydrogens is 434 g/mol. The fourth-order valence-electron chi connectivity index (χ4n) is 2.96. The van der Waals surface area contributed by atoms with Gasteiger partial charge in [-0.25, -0.2) is 10.2 Å². The number of benzene rings is 3. The quantitative estimate of drug-likeness (QED) is 0.221. The number of ether oxygens (including phenoxy) is 2. The van der Waals surface area contributed by atoms with E-state index in [1.54, 1.807) is 60.7 Å². The number of amides is 2. The summed E-state index contributed by atoms with van der Waals surface area (Å²) in [6, 6.07) is 20.6. The number of hydrogen-bond acceptors (Lipinski definition) is 6. The molecule has 2 amide bonds. The van der Waals surface area contributed by atoms with Crippen molar-refractivity contribution in [3.05, 3.63) is 95.1 Å². The SMILES string of the molecule is CCOc1cc(C=NNC(=O)CNC(=O)c2cccc(C)c2)ccc1OC(=O)c1ccccc1. The van der Waals surface area contributed by atoms with Gasteiger partial charge < -0.3 is 14.8 Å². The Balaban J connectivity index is 1.56. The van der Waals surface area contributed by atoms with Crippen LogP contribution in [0.5, 0.6) is 11.5 Å². The largest absolute Gasteiger partial charge is 0.490 e. The predicted octanol–water partition coefficient (Wildman–Crippen LogP) is 3.49. The molecule has 3 aromatic carbocycles. The maximum absolute atomic E-state index is 12.3. The second-order valence-electron chi connectivity index (χ2n) is 7.24. The van der Waals surface area contributed by atoms with Gasteiger partial charge in [-0.2, -0.15) is 5.10 Å². The molecule has 0 heterocycles. The van der Waals surface area contributed by atoms with Gasteiger partial charge >= 0.3 is 5.97 Å². The molecule has 8 heteroatoms. The van der Waals surface area contributed by atoms with Gasteiger partial charge in [-0.05, 0) is 61.9 Å². The Morgan fingerprint density at radius 3 is 2.41 bits per heavy atom. The van der Waals surface area contributed by atoms with E-state index in [0.29, 0.717) is 29.0 Å². The minimum Gasteiger partial charge on any atom is -0.490 e. The van der Waals surface area contributed by atoms with Crippen molar-refractivity contribution in [1.82, 2.24) is 10.7 Å². The molecule has 0 aromatic heterocycles. The highest BCUT2D eigenvalue weighted by molar-refractivity contribution is 5.96. The number of nitrogens with one attached hydrogen (secondary N) is 2. The molecule has 34 heavy (non-hydrogen) atoms. The van der Waals surface area contributed by atoms with Crippen molar-refractivity contribution in [3.8, 4) is 11.5 Å². The van der Waals surface area contributed by atoms with E-state index in [1.807, 2.05) is 26.0 Å². The van der Waals surface area contributed by atoms with Gasteiger partial charge in [0.15, 0.2) is 11.5 Å². The van der Waals surface area contributed by atoms with Crippen LogP contribution in [-0.4, -0.2) is 37.1 Å². The van der Waals surface area contributed by atoms with E-state index in [1.165, 1.54) is 6.21 Å². The normalized spacial score (nSPS) is 10.5. The number of nitrogens with zero attached hydrogens (tertiary/aromatic N) is 1. The lowest BCUT2D eigenvalue weighted by molar-refractivity contribution is -0.120. The number of hydrogen-bond donors (Lipinski definition) is 2. The Labute approximate surface area is 197 Å². The van der Waals surface area contributed by atoms with Gasteiger partial charge in [0.2, 0.25) is 0 Å². The molecule has 8 nitrogen and oxygen atoms in total. The Morgan fingerprint density at radius 2 is 1.68 bits per heavy atom. The van der Waals surface area contributed by atoms with Gasteiger partial charge in [-0.3, -0.25) is 9.59 Å². The molecule has 0 saturated heterocycles. The van der Waals surface area contributed by atoms with Crippen LogP contribution >= 0.6 is 0 Å². The first-order valence-electron chi connectivity index (χ1n) is 10.7. The van der Waals surface area contributed by atoms with Gasteiger partial charge in [-0.15, -0.1) is 0 Å². The van der Waals surface area contributed by atoms with E-state index >= 15 is 0 Å². The summed E-state index contributed by atoms with van der Waals surface area (Å²) < 4.78 is 11.0. The summed E-state index contributed by atoms with van der Waals surface area (Å²) in [4.78, 5) is 36.4. The summed E-state index contributed by atoms with van der Waals surface area (Å²) in [7, 11) is 0. The molecule has 0 aliphatic carbocycles. The van der Waals surface area contributed by atoms with Crippen molar-refractivity contribution in [3.63, 3.8) is 0 Å². The zero-order valence-corrected chi connectivity index (χ0v) is 18.9. The maximum Gasteiger partial charge on any atom is 0.343 e. The first-order chi connectivity index (χ1) is 16.5. The molecule has 3 aromatic rings. The molecule has 3 rings (SSSR count). The van der Waals surface area contributed by atoms with Crippen molar-refractivity contribution in [2.24, 2.45) is 5.10 Å². The van der Waals surface area contributed by atoms with Crippen LogP contribution in [-0.2, 0) is 4.79 Å². The van der Waals surface area contributed by atoms with Crippen LogP contribution in [0, 0.1) is 6.92 Å². The Morgan fingerprint density at radius 1 is 0.912 bits per heavy atom. The lowest BCUT2D eigenvalue weighted by Crippen LogP contribution is -2.34. The zero-order chi connectivity index (χ0) is 24.3. The fraction of sp³-hybridized carbons (Fsp3) is 0.154. The number of rotatable bonds is 9. The molecule has 0 aliphatic heterocycles. The molecule has 0 radical (unpaired) electrons. The zero-order valence-electron chi connectivity index (χ0n) is 18.9. The van der Waals surface area contributed by atoms with Crippen LogP contribution in [0.2, 0.25) is 0 Å². The van der Waals surface area contributed by atoms with Crippen LogP contribution in [0.3, 0.4) is 0 Å². The van der Waals surface area contributed by atoms with E-state index in [0.717, 1.165) is 5.56 Å². The third kappa shape index (κ3) is 7.03. The standard InChI is InChI=1S/C26H25N3O5/c1-3-33-23-15-19(12-13-22(23)34-26(32)20-9-5-4-6-10-20)16-28-29-24(30)17-27-25(31)21-11-7-8-18(2)14-21/h4-16H,3,17H2,1-2H3,(H,27,31)(H,29,30). The Bertz CT molecular complexity index is 1190. The fourth-order valence-corrected chi connectivity index (χ4v) is 2.96. The van der Waals surface area contributed by atoms with Crippen LogP contribution in [0.25, 0.3) is 0 Å². The molecule has 0 spiro atoms. The maximum atomic E-state index is 12.3. The molecule has 0 atom stereocenters. The minimum atomic E-state index is -0.497. The van der Waals surface area contributed by atoms with E-state index in [-0.39, 0.29) is 18.2 Å². The smallest absolute Gasteiger partial charge is 0.343 e. The highest BCUT2D eigenvalue weighted by Gasteiger charge is 2.13. The van der Waals surface area contributed by atoms with Crippen LogP contribution in [0.4, 0.5) is 0 Å². The molecule has 0 unspecified atom stereocenters. The Hall–Kier alpha value is -4.46. The van der Waals surface area contributed by atoms with Crippen LogP contribution < -0.4 is 20.2 Å². The lowest BCUT2D eigenvalue weighted by Gasteiger charge is -2.11. The van der Waals surface area contributed by atoms with Crippen LogP contribution in [0.1, 0.15) is 38.8 Å². The summed E-state index contributed by atoms with van der Waals surface area (Å²) >= 11 is 0. The monoisotopic (exact) mass is 459 g/mol. The first kappa shape index (κ1) is 24.2. The number of aryl methyl sites for hydroxylation is 1. The number of esters is 1. The third-order valence-electron chi connectivity index (χ3n) is 4.57. The van der Waals surface area contributed by atoms with Gasteiger partial charge in [0.25, 0.3) is 11.8 Å². The minimum absolute atomic E-state index is 0.220. The lowest BCUT2D eigenvalue weighted by atomic mass is 10.1. The predicted molar refractivity (Wildman–Crippen MR) is 128 cm³/mol. The van der Waals surface area contributed by atoms with Gasteiger partial charge in [-0.1, -0.05) is 35.9 Å². The highest BCUT2D eigenvalue weighted by atomic mass is 16.6. The molecule has 0 fully saturated rings. The Kier molecular flexibility index (Phi) is 8.51. The number of hydrazone groups is 1. The van der Waals surface area contributed by atoms with Crippen molar-refractivity contribution in [2.75, 3.05) is 13.2 Å². The molecule has 2 N–H and O–H groups in total. The van der Waals surface area contributed by atoms with Crippen molar-refractivity contribution in [1.29, 1.82) is 0 Å². The van der Waals surface area contributed by atoms with Crippen molar-refractivity contribution < 1.29 is 23.9 Å². The second kappa shape index (κ2) is 12.0. The van der Waals surface area contributed by atoms with E-state index in [9.17, 15) is 14.4 Å².